The molecule has 0 aliphatic heterocycles. The lowest BCUT2D eigenvalue weighted by Gasteiger charge is -2.15. The molecule has 2 aromatic carbocycles. The summed E-state index contributed by atoms with van der Waals surface area (Å²) in [5, 5.41) is 3.66. The second-order valence-electron chi connectivity index (χ2n) is 7.88. The van der Waals surface area contributed by atoms with Crippen LogP contribution in [0.15, 0.2) is 65.4 Å². The van der Waals surface area contributed by atoms with Crippen LogP contribution in [0, 0.1) is 19.7 Å². The summed E-state index contributed by atoms with van der Waals surface area (Å²) >= 11 is 0. The van der Waals surface area contributed by atoms with E-state index in [-0.39, 0.29) is 11.7 Å². The minimum Gasteiger partial charge on any atom is -0.493 e. The lowest BCUT2D eigenvalue weighted by atomic mass is 9.96. The fourth-order valence-electron chi connectivity index (χ4n) is 3.77. The normalized spacial score (nSPS) is 11.6. The van der Waals surface area contributed by atoms with E-state index < -0.39 is 0 Å². The van der Waals surface area contributed by atoms with E-state index in [0.29, 0.717) is 23.8 Å². The molecular formula is C27H25FN2O3. The van der Waals surface area contributed by atoms with Crippen molar-refractivity contribution in [3.8, 4) is 16.9 Å². The number of aryl methyl sites for hydroxylation is 2. The van der Waals surface area contributed by atoms with E-state index in [2.05, 4.69) is 10.3 Å². The maximum absolute atomic E-state index is 13.4. The minimum absolute atomic E-state index is 0.282. The van der Waals surface area contributed by atoms with Crippen molar-refractivity contribution in [2.45, 2.75) is 27.7 Å². The first-order valence-electron chi connectivity index (χ1n) is 10.7. The van der Waals surface area contributed by atoms with E-state index in [9.17, 15) is 9.18 Å². The van der Waals surface area contributed by atoms with Gasteiger partial charge in [-0.1, -0.05) is 18.2 Å². The highest BCUT2D eigenvalue weighted by Crippen LogP contribution is 2.40. The van der Waals surface area contributed by atoms with Crippen LogP contribution in [0.3, 0.4) is 0 Å². The van der Waals surface area contributed by atoms with Gasteiger partial charge < -0.3 is 14.5 Å². The summed E-state index contributed by atoms with van der Waals surface area (Å²) in [5.74, 6) is 0.574. The lowest BCUT2D eigenvalue weighted by molar-refractivity contribution is -0.111. The van der Waals surface area contributed by atoms with Crippen molar-refractivity contribution in [1.29, 1.82) is 0 Å². The molecule has 6 heteroatoms. The van der Waals surface area contributed by atoms with Gasteiger partial charge in [-0.2, -0.15) is 0 Å². The van der Waals surface area contributed by atoms with Crippen molar-refractivity contribution in [3.63, 3.8) is 0 Å². The number of nitrogens with zero attached hydrogens (tertiary/aromatic N) is 1. The Kier molecular flexibility index (Phi) is 6.27. The first kappa shape index (κ1) is 22.3. The van der Waals surface area contributed by atoms with E-state index in [4.69, 9.17) is 9.15 Å². The number of amides is 1. The average molecular weight is 445 g/mol. The van der Waals surface area contributed by atoms with Gasteiger partial charge in [0.05, 0.1) is 12.9 Å². The van der Waals surface area contributed by atoms with E-state index in [1.807, 2.05) is 39.8 Å². The average Bonchev–Trinajstić information content (AvgIpc) is 3.22. The number of halogens is 1. The number of fused-ring (bicyclic) bond motifs is 1. The third kappa shape index (κ3) is 4.65. The number of benzene rings is 2. The topological polar surface area (TPSA) is 64.4 Å². The van der Waals surface area contributed by atoms with Gasteiger partial charge in [-0.25, -0.2) is 9.37 Å². The zero-order valence-electron chi connectivity index (χ0n) is 19.0. The number of carbonyl (C=O) groups excluding carboxylic acids is 1. The molecule has 0 bridgehead atoms. The Morgan fingerprint density at radius 2 is 1.94 bits per heavy atom. The van der Waals surface area contributed by atoms with Crippen LogP contribution in [0.1, 0.15) is 30.5 Å². The van der Waals surface area contributed by atoms with E-state index in [1.165, 1.54) is 18.2 Å². The Balaban J connectivity index is 1.77. The maximum Gasteiger partial charge on any atom is 0.249 e. The fourth-order valence-corrected chi connectivity index (χ4v) is 3.77. The SMILES string of the molecule is CCOc1c(/C(C)=C/C(=O)Nc2ccc(C)cn2)cc2c(-c3ccc(F)cc3)coc2c1C. The molecule has 1 amide bonds. The van der Waals surface area contributed by atoms with Gasteiger partial charge in [-0.3, -0.25) is 4.79 Å². The molecule has 168 valence electrons. The molecule has 0 aliphatic carbocycles. The number of furan rings is 1. The van der Waals surface area contributed by atoms with Gasteiger partial charge in [-0.05, 0) is 68.7 Å². The third-order valence-electron chi connectivity index (χ3n) is 5.42. The summed E-state index contributed by atoms with van der Waals surface area (Å²) in [5.41, 5.74) is 5.77. The molecule has 4 aromatic rings. The van der Waals surface area contributed by atoms with Crippen LogP contribution in [0.2, 0.25) is 0 Å². The second-order valence-corrected chi connectivity index (χ2v) is 7.88. The van der Waals surface area contributed by atoms with Crippen LogP contribution in [0.25, 0.3) is 27.7 Å². The summed E-state index contributed by atoms with van der Waals surface area (Å²) in [7, 11) is 0. The molecule has 5 nitrogen and oxygen atoms in total. The highest BCUT2D eigenvalue weighted by Gasteiger charge is 2.19. The van der Waals surface area contributed by atoms with Gasteiger partial charge in [0, 0.05) is 34.3 Å². The molecule has 0 unspecified atom stereocenters. The van der Waals surface area contributed by atoms with Gasteiger partial charge in [0.2, 0.25) is 5.91 Å². The highest BCUT2D eigenvalue weighted by molar-refractivity contribution is 6.05. The molecule has 0 saturated carbocycles. The van der Waals surface area contributed by atoms with E-state index in [1.54, 1.807) is 30.7 Å². The number of aromatic nitrogens is 1. The van der Waals surface area contributed by atoms with Gasteiger partial charge in [-0.15, -0.1) is 0 Å². The van der Waals surface area contributed by atoms with Crippen LogP contribution in [0.4, 0.5) is 10.2 Å². The summed E-state index contributed by atoms with van der Waals surface area (Å²) in [4.78, 5) is 16.9. The number of hydrogen-bond donors (Lipinski definition) is 1. The Labute approximate surface area is 191 Å². The van der Waals surface area contributed by atoms with Crippen LogP contribution < -0.4 is 10.1 Å². The molecule has 33 heavy (non-hydrogen) atoms. The summed E-state index contributed by atoms with van der Waals surface area (Å²) in [6.45, 7) is 8.11. The largest absolute Gasteiger partial charge is 0.493 e. The van der Waals surface area contributed by atoms with Crippen molar-refractivity contribution in [3.05, 3.63) is 83.5 Å². The van der Waals surface area contributed by atoms with Crippen LogP contribution in [0.5, 0.6) is 5.75 Å². The molecule has 0 atom stereocenters. The van der Waals surface area contributed by atoms with Gasteiger partial charge >= 0.3 is 0 Å². The standard InChI is InChI=1S/C27H25FN2O3/c1-5-32-26-18(4)27-22(23(15-33-27)19-7-9-20(28)10-8-19)13-21(26)17(3)12-25(31)30-24-11-6-16(2)14-29-24/h6-15H,5H2,1-4H3,(H,29,30,31)/b17-12+. The van der Waals surface area contributed by atoms with Crippen molar-refractivity contribution >= 4 is 28.3 Å². The van der Waals surface area contributed by atoms with Crippen molar-refractivity contribution in [1.82, 2.24) is 4.98 Å². The third-order valence-corrected chi connectivity index (χ3v) is 5.42. The Bertz CT molecular complexity index is 1340. The number of rotatable bonds is 6. The summed E-state index contributed by atoms with van der Waals surface area (Å²) in [6, 6.07) is 11.9. The predicted octanol–water partition coefficient (Wildman–Crippen LogP) is 6.69. The molecule has 0 radical (unpaired) electrons. The summed E-state index contributed by atoms with van der Waals surface area (Å²) in [6.07, 6.45) is 4.90. The Morgan fingerprint density at radius 3 is 2.61 bits per heavy atom. The number of nitrogens with one attached hydrogen (secondary N) is 1. The lowest BCUT2D eigenvalue weighted by Crippen LogP contribution is -2.10. The van der Waals surface area contributed by atoms with Crippen LogP contribution >= 0.6 is 0 Å². The summed E-state index contributed by atoms with van der Waals surface area (Å²) < 4.78 is 25.2. The van der Waals surface area contributed by atoms with Gasteiger partial charge in [0.1, 0.15) is 23.0 Å². The molecule has 0 saturated heterocycles. The molecule has 0 spiro atoms. The van der Waals surface area contributed by atoms with Crippen molar-refractivity contribution < 1.29 is 18.3 Å². The highest BCUT2D eigenvalue weighted by atomic mass is 19.1. The van der Waals surface area contributed by atoms with Crippen LogP contribution in [-0.2, 0) is 4.79 Å². The predicted molar refractivity (Wildman–Crippen MR) is 129 cm³/mol. The molecule has 0 aliphatic rings. The van der Waals surface area contributed by atoms with E-state index in [0.717, 1.165) is 38.8 Å². The monoisotopic (exact) mass is 444 g/mol. The van der Waals surface area contributed by atoms with Gasteiger partial charge in [0.15, 0.2) is 0 Å². The Morgan fingerprint density at radius 1 is 1.18 bits per heavy atom. The van der Waals surface area contributed by atoms with Crippen molar-refractivity contribution in [2.24, 2.45) is 0 Å². The molecule has 4 rings (SSSR count). The quantitative estimate of drug-likeness (QED) is 0.337. The maximum atomic E-state index is 13.4. The van der Waals surface area contributed by atoms with E-state index >= 15 is 0 Å². The molecule has 2 heterocycles. The number of carbonyl (C=O) groups is 1. The zero-order valence-corrected chi connectivity index (χ0v) is 19.0. The smallest absolute Gasteiger partial charge is 0.249 e. The van der Waals surface area contributed by atoms with Crippen LogP contribution in [-0.4, -0.2) is 17.5 Å². The first-order chi connectivity index (χ1) is 15.9. The molecule has 0 fully saturated rings. The van der Waals surface area contributed by atoms with Crippen molar-refractivity contribution in [2.75, 3.05) is 11.9 Å². The minimum atomic E-state index is -0.296. The Hall–Kier alpha value is -3.93. The fraction of sp³-hybridized carbons (Fsp3) is 0.185. The molecule has 1 N–H and O–H groups in total. The second kappa shape index (κ2) is 9.28. The number of hydrogen-bond acceptors (Lipinski definition) is 4. The number of allylic oxidation sites excluding steroid dienone is 1. The van der Waals surface area contributed by atoms with Gasteiger partial charge in [0.25, 0.3) is 0 Å². The zero-order chi connectivity index (χ0) is 23.5. The number of pyridine rings is 1. The molecular weight excluding hydrogens is 419 g/mol. The number of anilines is 1. The molecule has 2 aromatic heterocycles. The number of ether oxygens (including phenoxy) is 1. The first-order valence-corrected chi connectivity index (χ1v) is 10.7.